The average Bonchev–Trinajstić information content (AvgIpc) is 2.03. The molecule has 1 N–H and O–H groups in total. The van der Waals surface area contributed by atoms with Gasteiger partial charge in [-0.15, -0.1) is 0 Å². The number of aromatic carboxylic acids is 1. The van der Waals surface area contributed by atoms with Gasteiger partial charge in [-0.3, -0.25) is 0 Å². The summed E-state index contributed by atoms with van der Waals surface area (Å²) in [7, 11) is 0.927. The molecule has 1 aromatic rings. The normalized spacial score (nSPS) is 11.2. The van der Waals surface area contributed by atoms with Crippen molar-refractivity contribution in [2.24, 2.45) is 0 Å². The largest absolute Gasteiger partial charge is 0.476 e. The van der Waals surface area contributed by atoms with E-state index in [2.05, 4.69) is 4.98 Å². The van der Waals surface area contributed by atoms with Crippen LogP contribution in [0.5, 0.6) is 0 Å². The predicted molar refractivity (Wildman–Crippen MR) is 44.2 cm³/mol. The molecule has 0 aliphatic rings. The van der Waals surface area contributed by atoms with Gasteiger partial charge in [0.15, 0.2) is 5.69 Å². The van der Waals surface area contributed by atoms with Gasteiger partial charge in [0.1, 0.15) is 4.90 Å². The Morgan fingerprint density at radius 3 is 2.54 bits per heavy atom. The molecule has 70 valence electrons. The van der Waals surface area contributed by atoms with Crippen molar-refractivity contribution in [3.8, 4) is 0 Å². The van der Waals surface area contributed by atoms with Gasteiger partial charge in [-0.05, 0) is 12.1 Å². The molecule has 0 spiro atoms. The lowest BCUT2D eigenvalue weighted by Crippen LogP contribution is -2.06. The van der Waals surface area contributed by atoms with E-state index in [0.29, 0.717) is 0 Å². The van der Waals surface area contributed by atoms with E-state index in [1.54, 1.807) is 0 Å². The lowest BCUT2D eigenvalue weighted by Gasteiger charge is -1.98. The SMILES string of the molecule is O=C(O)c1ncccc1S(=O)(=O)Cl. The third kappa shape index (κ3) is 2.16. The summed E-state index contributed by atoms with van der Waals surface area (Å²) in [5, 5.41) is 8.54. The fourth-order valence-electron chi connectivity index (χ4n) is 0.748. The van der Waals surface area contributed by atoms with E-state index in [1.165, 1.54) is 12.3 Å². The first-order valence-corrected chi connectivity index (χ1v) is 5.37. The maximum absolute atomic E-state index is 10.8. The number of carbonyl (C=O) groups is 1. The Labute approximate surface area is 78.4 Å². The molecule has 0 saturated heterocycles. The van der Waals surface area contributed by atoms with E-state index in [0.717, 1.165) is 6.07 Å². The van der Waals surface area contributed by atoms with Crippen molar-refractivity contribution < 1.29 is 18.3 Å². The highest BCUT2D eigenvalue weighted by molar-refractivity contribution is 8.13. The molecular weight excluding hydrogens is 218 g/mol. The lowest BCUT2D eigenvalue weighted by molar-refractivity contribution is 0.0686. The number of carboxylic acids is 1. The molecule has 0 radical (unpaired) electrons. The van der Waals surface area contributed by atoms with Gasteiger partial charge < -0.3 is 5.11 Å². The van der Waals surface area contributed by atoms with Gasteiger partial charge in [-0.2, -0.15) is 0 Å². The molecule has 7 heteroatoms. The van der Waals surface area contributed by atoms with Gasteiger partial charge in [0.2, 0.25) is 0 Å². The maximum Gasteiger partial charge on any atom is 0.355 e. The summed E-state index contributed by atoms with van der Waals surface area (Å²) in [6, 6.07) is 2.38. The Kier molecular flexibility index (Phi) is 2.53. The fraction of sp³-hybridized carbons (Fsp3) is 0. The van der Waals surface area contributed by atoms with Crippen LogP contribution >= 0.6 is 10.7 Å². The van der Waals surface area contributed by atoms with Crippen molar-refractivity contribution in [3.63, 3.8) is 0 Å². The minimum absolute atomic E-state index is 0.496. The van der Waals surface area contributed by atoms with Crippen LogP contribution in [0, 0.1) is 0 Å². The van der Waals surface area contributed by atoms with Gasteiger partial charge in [-0.25, -0.2) is 18.2 Å². The maximum atomic E-state index is 10.8. The number of nitrogens with zero attached hydrogens (tertiary/aromatic N) is 1. The molecule has 1 aromatic heterocycles. The molecular formula is C6H4ClNO4S. The van der Waals surface area contributed by atoms with Crippen LogP contribution in [0.15, 0.2) is 23.2 Å². The van der Waals surface area contributed by atoms with Gasteiger partial charge in [0.25, 0.3) is 9.05 Å². The Balaban J connectivity index is 3.46. The fourth-order valence-corrected chi connectivity index (χ4v) is 1.73. The third-order valence-electron chi connectivity index (χ3n) is 1.24. The van der Waals surface area contributed by atoms with Crippen molar-refractivity contribution in [1.82, 2.24) is 4.98 Å². The zero-order chi connectivity index (χ0) is 10.1. The van der Waals surface area contributed by atoms with Crippen molar-refractivity contribution in [2.45, 2.75) is 4.90 Å². The average molecular weight is 222 g/mol. The summed E-state index contributed by atoms with van der Waals surface area (Å²) in [6.45, 7) is 0. The minimum atomic E-state index is -4.05. The van der Waals surface area contributed by atoms with Gasteiger partial charge in [0, 0.05) is 16.9 Å². The van der Waals surface area contributed by atoms with Gasteiger partial charge >= 0.3 is 5.97 Å². The number of hydrogen-bond donors (Lipinski definition) is 1. The molecule has 0 amide bonds. The molecule has 5 nitrogen and oxygen atoms in total. The molecule has 0 fully saturated rings. The monoisotopic (exact) mass is 221 g/mol. The topological polar surface area (TPSA) is 84.3 Å². The highest BCUT2D eigenvalue weighted by Gasteiger charge is 2.20. The van der Waals surface area contributed by atoms with Crippen LogP contribution in [0.2, 0.25) is 0 Å². The van der Waals surface area contributed by atoms with E-state index in [1.807, 2.05) is 0 Å². The quantitative estimate of drug-likeness (QED) is 0.744. The van der Waals surface area contributed by atoms with E-state index in [-0.39, 0.29) is 0 Å². The highest BCUT2D eigenvalue weighted by atomic mass is 35.7. The number of rotatable bonds is 2. The van der Waals surface area contributed by atoms with E-state index >= 15 is 0 Å². The van der Waals surface area contributed by atoms with Crippen molar-refractivity contribution in [3.05, 3.63) is 24.0 Å². The second kappa shape index (κ2) is 3.31. The molecule has 0 saturated carbocycles. The number of halogens is 1. The second-order valence-electron chi connectivity index (χ2n) is 2.09. The first-order chi connectivity index (χ1) is 5.93. The van der Waals surface area contributed by atoms with Gasteiger partial charge in [-0.1, -0.05) is 0 Å². The Bertz CT molecular complexity index is 442. The Hall–Kier alpha value is -1.14. The Morgan fingerprint density at radius 1 is 1.54 bits per heavy atom. The zero-order valence-electron chi connectivity index (χ0n) is 6.14. The van der Waals surface area contributed by atoms with Crippen molar-refractivity contribution in [2.75, 3.05) is 0 Å². The minimum Gasteiger partial charge on any atom is -0.476 e. The number of carboxylic acid groups (broad SMARTS) is 1. The smallest absolute Gasteiger partial charge is 0.355 e. The predicted octanol–water partition coefficient (Wildman–Crippen LogP) is 0.707. The highest BCUT2D eigenvalue weighted by Crippen LogP contribution is 2.17. The standard InChI is InChI=1S/C6H4ClNO4S/c7-13(11,12)4-2-1-3-8-5(4)6(9)10/h1-3H,(H,9,10). The van der Waals surface area contributed by atoms with Crippen LogP contribution < -0.4 is 0 Å². The lowest BCUT2D eigenvalue weighted by atomic mass is 10.3. The van der Waals surface area contributed by atoms with Crippen molar-refractivity contribution >= 4 is 25.7 Å². The molecule has 0 aliphatic heterocycles. The number of pyridine rings is 1. The summed E-state index contributed by atoms with van der Waals surface area (Å²) in [5.41, 5.74) is -0.572. The summed E-state index contributed by atoms with van der Waals surface area (Å²) in [4.78, 5) is 13.4. The van der Waals surface area contributed by atoms with E-state index in [4.69, 9.17) is 15.8 Å². The van der Waals surface area contributed by atoms with Crippen LogP contribution in [-0.2, 0) is 9.05 Å². The van der Waals surface area contributed by atoms with Crippen molar-refractivity contribution in [1.29, 1.82) is 0 Å². The van der Waals surface area contributed by atoms with Gasteiger partial charge in [0.05, 0.1) is 0 Å². The molecule has 0 aromatic carbocycles. The first-order valence-electron chi connectivity index (χ1n) is 3.06. The molecule has 0 unspecified atom stereocenters. The molecule has 0 aliphatic carbocycles. The van der Waals surface area contributed by atoms with E-state index < -0.39 is 25.6 Å². The molecule has 1 heterocycles. The molecule has 0 bridgehead atoms. The summed E-state index contributed by atoms with van der Waals surface area (Å²) < 4.78 is 21.6. The van der Waals surface area contributed by atoms with Crippen LogP contribution in [-0.4, -0.2) is 24.5 Å². The number of aromatic nitrogens is 1. The van der Waals surface area contributed by atoms with Crippen LogP contribution in [0.25, 0.3) is 0 Å². The Morgan fingerprint density at radius 2 is 2.15 bits per heavy atom. The first kappa shape index (κ1) is 9.94. The number of hydrogen-bond acceptors (Lipinski definition) is 4. The molecule has 0 atom stereocenters. The molecule has 13 heavy (non-hydrogen) atoms. The third-order valence-corrected chi connectivity index (χ3v) is 2.59. The van der Waals surface area contributed by atoms with Crippen LogP contribution in [0.4, 0.5) is 0 Å². The summed E-state index contributed by atoms with van der Waals surface area (Å²) in [6.07, 6.45) is 1.18. The van der Waals surface area contributed by atoms with Crippen LogP contribution in [0.1, 0.15) is 10.5 Å². The van der Waals surface area contributed by atoms with E-state index in [9.17, 15) is 13.2 Å². The zero-order valence-corrected chi connectivity index (χ0v) is 7.71. The molecule has 1 rings (SSSR count). The second-order valence-corrected chi connectivity index (χ2v) is 4.63. The van der Waals surface area contributed by atoms with Crippen LogP contribution in [0.3, 0.4) is 0 Å². The summed E-state index contributed by atoms with van der Waals surface area (Å²) in [5.74, 6) is -1.43. The summed E-state index contributed by atoms with van der Waals surface area (Å²) >= 11 is 0.